The summed E-state index contributed by atoms with van der Waals surface area (Å²) in [6.45, 7) is 0. The Morgan fingerprint density at radius 3 is 2.65 bits per heavy atom. The molecule has 0 aliphatic carbocycles. The summed E-state index contributed by atoms with van der Waals surface area (Å²) in [6, 6.07) is 8.17. The van der Waals surface area contributed by atoms with Gasteiger partial charge in [0.2, 0.25) is 0 Å². The van der Waals surface area contributed by atoms with Crippen molar-refractivity contribution in [3.05, 3.63) is 51.5 Å². The lowest BCUT2D eigenvalue weighted by Gasteiger charge is -2.00. The van der Waals surface area contributed by atoms with Crippen LogP contribution in [0, 0.1) is 0 Å². The molecule has 0 spiro atoms. The van der Waals surface area contributed by atoms with E-state index in [1.165, 1.54) is 7.11 Å². The molecule has 0 saturated heterocycles. The largest absolute Gasteiger partial charge is 0.493 e. The fourth-order valence-corrected chi connectivity index (χ4v) is 2.43. The number of hydrogen-bond acceptors (Lipinski definition) is 4. The van der Waals surface area contributed by atoms with Crippen LogP contribution >= 0.6 is 27.5 Å². The Kier molecular flexibility index (Phi) is 3.31. The number of fused-ring (bicyclic) bond motifs is 1. The second-order valence-corrected chi connectivity index (χ2v) is 5.29. The van der Waals surface area contributed by atoms with E-state index in [0.29, 0.717) is 26.4 Å². The first-order chi connectivity index (χ1) is 9.58. The highest BCUT2D eigenvalue weighted by Gasteiger charge is 2.19. The highest BCUT2D eigenvalue weighted by atomic mass is 79.9. The molecule has 0 saturated carbocycles. The highest BCUT2D eigenvalue weighted by Crippen LogP contribution is 2.33. The fourth-order valence-electron chi connectivity index (χ4n) is 1.91. The van der Waals surface area contributed by atoms with Crippen LogP contribution in [-0.4, -0.2) is 12.9 Å². The molecular formula is C14H8BrClO4. The Bertz CT molecular complexity index is 803. The highest BCUT2D eigenvalue weighted by molar-refractivity contribution is 9.10. The van der Waals surface area contributed by atoms with Crippen LogP contribution in [0.5, 0.6) is 5.75 Å². The summed E-state index contributed by atoms with van der Waals surface area (Å²) < 4.78 is 16.5. The van der Waals surface area contributed by atoms with E-state index in [4.69, 9.17) is 25.2 Å². The van der Waals surface area contributed by atoms with Gasteiger partial charge in [0, 0.05) is 16.5 Å². The monoisotopic (exact) mass is 354 g/mol. The van der Waals surface area contributed by atoms with E-state index in [0.717, 1.165) is 0 Å². The van der Waals surface area contributed by atoms with Crippen molar-refractivity contribution in [1.82, 2.24) is 0 Å². The van der Waals surface area contributed by atoms with Crippen molar-refractivity contribution in [3.63, 3.8) is 0 Å². The quantitative estimate of drug-likeness (QED) is 0.640. The minimum Gasteiger partial charge on any atom is -0.493 e. The first-order valence-electron chi connectivity index (χ1n) is 5.65. The van der Waals surface area contributed by atoms with E-state index in [-0.39, 0.29) is 17.3 Å². The summed E-state index contributed by atoms with van der Waals surface area (Å²) in [5.41, 5.74) is 0.478. The van der Waals surface area contributed by atoms with Gasteiger partial charge in [-0.2, -0.15) is 0 Å². The maximum absolute atomic E-state index is 12.2. The molecule has 0 radical (unpaired) electrons. The lowest BCUT2D eigenvalue weighted by Crippen LogP contribution is -1.96. The molecule has 3 rings (SSSR count). The standard InChI is InChI=1S/C14H8BrClO4/c1-18-11-6-8(16)4-7-5-10(20-14(7)11)13(17)9-2-3-12(15)19-9/h2-6H,1H3. The number of halogens is 2. The van der Waals surface area contributed by atoms with E-state index >= 15 is 0 Å². The topological polar surface area (TPSA) is 52.6 Å². The zero-order valence-electron chi connectivity index (χ0n) is 10.3. The number of benzene rings is 1. The first kappa shape index (κ1) is 13.3. The van der Waals surface area contributed by atoms with Gasteiger partial charge in [-0.25, -0.2) is 0 Å². The molecule has 6 heteroatoms. The number of carbonyl (C=O) groups is 1. The zero-order chi connectivity index (χ0) is 14.3. The maximum atomic E-state index is 12.2. The number of ether oxygens (including phenoxy) is 1. The zero-order valence-corrected chi connectivity index (χ0v) is 12.6. The molecule has 0 aliphatic rings. The van der Waals surface area contributed by atoms with Crippen LogP contribution in [0.4, 0.5) is 0 Å². The predicted octanol–water partition coefficient (Wildman–Crippen LogP) is 4.68. The van der Waals surface area contributed by atoms with Crippen molar-refractivity contribution in [3.8, 4) is 5.75 Å². The van der Waals surface area contributed by atoms with Crippen LogP contribution in [0.25, 0.3) is 11.0 Å². The van der Waals surface area contributed by atoms with Gasteiger partial charge in [-0.3, -0.25) is 4.79 Å². The number of carbonyl (C=O) groups excluding carboxylic acids is 1. The van der Waals surface area contributed by atoms with Gasteiger partial charge in [0.05, 0.1) is 7.11 Å². The third-order valence-corrected chi connectivity index (χ3v) is 3.43. The van der Waals surface area contributed by atoms with Crippen LogP contribution in [0.1, 0.15) is 16.3 Å². The van der Waals surface area contributed by atoms with Gasteiger partial charge < -0.3 is 13.6 Å². The number of furan rings is 2. The summed E-state index contributed by atoms with van der Waals surface area (Å²) in [5.74, 6) is 0.501. The molecule has 0 bridgehead atoms. The fraction of sp³-hybridized carbons (Fsp3) is 0.0714. The summed E-state index contributed by atoms with van der Waals surface area (Å²) in [7, 11) is 1.51. The van der Waals surface area contributed by atoms with E-state index in [1.54, 1.807) is 30.3 Å². The van der Waals surface area contributed by atoms with Gasteiger partial charge in [0.1, 0.15) is 0 Å². The summed E-state index contributed by atoms with van der Waals surface area (Å²) in [6.07, 6.45) is 0. The third kappa shape index (κ3) is 2.23. The molecule has 0 N–H and O–H groups in total. The smallest absolute Gasteiger partial charge is 0.263 e. The number of methoxy groups -OCH3 is 1. The van der Waals surface area contributed by atoms with E-state index in [1.807, 2.05) is 0 Å². The molecule has 1 aromatic carbocycles. The molecule has 0 amide bonds. The van der Waals surface area contributed by atoms with Crippen molar-refractivity contribution < 1.29 is 18.4 Å². The molecule has 2 heterocycles. The number of rotatable bonds is 3. The molecule has 3 aromatic rings. The Morgan fingerprint density at radius 1 is 1.20 bits per heavy atom. The van der Waals surface area contributed by atoms with Gasteiger partial charge in [0.15, 0.2) is 27.5 Å². The molecule has 20 heavy (non-hydrogen) atoms. The van der Waals surface area contributed by atoms with Crippen molar-refractivity contribution in [2.75, 3.05) is 7.11 Å². The lowest BCUT2D eigenvalue weighted by molar-refractivity contribution is 0.0984. The molecule has 2 aromatic heterocycles. The minimum atomic E-state index is -0.343. The van der Waals surface area contributed by atoms with Crippen molar-refractivity contribution >= 4 is 44.3 Å². The SMILES string of the molecule is COc1cc(Cl)cc2cc(C(=O)c3ccc(Br)o3)oc12. The Hall–Kier alpha value is -1.72. The summed E-state index contributed by atoms with van der Waals surface area (Å²) in [4.78, 5) is 12.2. The van der Waals surface area contributed by atoms with Crippen molar-refractivity contribution in [2.24, 2.45) is 0 Å². The van der Waals surface area contributed by atoms with Gasteiger partial charge in [-0.15, -0.1) is 0 Å². The Labute approximate surface area is 127 Å². The average molecular weight is 356 g/mol. The molecule has 0 fully saturated rings. The summed E-state index contributed by atoms with van der Waals surface area (Å²) in [5, 5.41) is 1.21. The van der Waals surface area contributed by atoms with Gasteiger partial charge in [0.25, 0.3) is 5.78 Å². The van der Waals surface area contributed by atoms with E-state index in [9.17, 15) is 4.79 Å². The van der Waals surface area contributed by atoms with Crippen molar-refractivity contribution in [1.29, 1.82) is 0 Å². The van der Waals surface area contributed by atoms with Gasteiger partial charge >= 0.3 is 0 Å². The molecular weight excluding hydrogens is 348 g/mol. The lowest BCUT2D eigenvalue weighted by atomic mass is 10.2. The van der Waals surface area contributed by atoms with Crippen LogP contribution in [-0.2, 0) is 0 Å². The molecule has 0 unspecified atom stereocenters. The maximum Gasteiger partial charge on any atom is 0.263 e. The molecule has 0 atom stereocenters. The van der Waals surface area contributed by atoms with Crippen LogP contribution in [0.2, 0.25) is 5.02 Å². The van der Waals surface area contributed by atoms with Crippen LogP contribution in [0.3, 0.4) is 0 Å². The van der Waals surface area contributed by atoms with E-state index < -0.39 is 0 Å². The van der Waals surface area contributed by atoms with Crippen molar-refractivity contribution in [2.45, 2.75) is 0 Å². The Morgan fingerprint density at radius 2 is 2.00 bits per heavy atom. The Balaban J connectivity index is 2.11. The second-order valence-electron chi connectivity index (χ2n) is 4.07. The van der Waals surface area contributed by atoms with Gasteiger partial charge in [-0.1, -0.05) is 11.6 Å². The second kappa shape index (κ2) is 5.00. The van der Waals surface area contributed by atoms with E-state index in [2.05, 4.69) is 15.9 Å². The predicted molar refractivity (Wildman–Crippen MR) is 77.6 cm³/mol. The molecule has 4 nitrogen and oxygen atoms in total. The minimum absolute atomic E-state index is 0.169. The van der Waals surface area contributed by atoms with Gasteiger partial charge in [-0.05, 0) is 40.2 Å². The molecule has 0 aliphatic heterocycles. The van der Waals surface area contributed by atoms with Crippen LogP contribution < -0.4 is 4.74 Å². The number of ketones is 1. The summed E-state index contributed by atoms with van der Waals surface area (Å²) >= 11 is 9.13. The molecule has 102 valence electrons. The third-order valence-electron chi connectivity index (χ3n) is 2.79. The first-order valence-corrected chi connectivity index (χ1v) is 6.82. The number of hydrogen-bond donors (Lipinski definition) is 0. The normalized spacial score (nSPS) is 10.9. The average Bonchev–Trinajstić information content (AvgIpc) is 3.02. The van der Waals surface area contributed by atoms with Crippen LogP contribution in [0.15, 0.2) is 43.8 Å².